The monoisotopic (exact) mass is 320 g/mol. The van der Waals surface area contributed by atoms with Crippen molar-refractivity contribution >= 4 is 24.1 Å². The van der Waals surface area contributed by atoms with Crippen LogP contribution in [-0.2, 0) is 4.79 Å². The quantitative estimate of drug-likeness (QED) is 0.756. The Morgan fingerprint density at radius 2 is 1.90 bits per heavy atom. The van der Waals surface area contributed by atoms with Crippen LogP contribution in [-0.4, -0.2) is 31.3 Å². The Hall–Kier alpha value is -1.53. The van der Waals surface area contributed by atoms with Crippen LogP contribution in [0.15, 0.2) is 18.2 Å². The minimum atomic E-state index is -0.904. The fourth-order valence-corrected chi connectivity index (χ4v) is 1.53. The molecule has 1 atom stereocenters. The lowest BCUT2D eigenvalue weighted by Crippen LogP contribution is -2.37. The van der Waals surface area contributed by atoms with Crippen LogP contribution in [0.1, 0.15) is 30.1 Å². The Morgan fingerprint density at radius 3 is 2.48 bits per heavy atom. The van der Waals surface area contributed by atoms with Gasteiger partial charge in [0.25, 0.3) is 0 Å². The predicted molar refractivity (Wildman–Crippen MR) is 78.7 cm³/mol. The van der Waals surface area contributed by atoms with Gasteiger partial charge in [-0.15, -0.1) is 12.4 Å². The van der Waals surface area contributed by atoms with Crippen molar-refractivity contribution in [3.05, 3.63) is 35.4 Å². The molecule has 4 nitrogen and oxygen atoms in total. The number of Topliss-reactive ketones (excluding diaryl/α,β-unsaturated/α-hetero) is 1. The Morgan fingerprint density at radius 1 is 1.24 bits per heavy atom. The molecule has 21 heavy (non-hydrogen) atoms. The predicted octanol–water partition coefficient (Wildman–Crippen LogP) is 2.07. The summed E-state index contributed by atoms with van der Waals surface area (Å²) in [6.45, 7) is 2.35. The van der Waals surface area contributed by atoms with Gasteiger partial charge in [0.15, 0.2) is 5.78 Å². The molecule has 7 heteroatoms. The number of ketones is 1. The number of amides is 1. The Balaban J connectivity index is 0.00000400. The Labute approximate surface area is 128 Å². The van der Waals surface area contributed by atoms with E-state index in [0.29, 0.717) is 12.6 Å². The second-order valence-corrected chi connectivity index (χ2v) is 4.54. The maximum absolute atomic E-state index is 13.4. The minimum absolute atomic E-state index is 0. The van der Waals surface area contributed by atoms with Crippen molar-refractivity contribution < 1.29 is 18.4 Å². The van der Waals surface area contributed by atoms with Crippen LogP contribution in [0.4, 0.5) is 8.78 Å². The number of hydrogen-bond acceptors (Lipinski definition) is 3. The molecule has 1 aromatic rings. The van der Waals surface area contributed by atoms with E-state index in [9.17, 15) is 18.4 Å². The van der Waals surface area contributed by atoms with Gasteiger partial charge < -0.3 is 10.6 Å². The lowest BCUT2D eigenvalue weighted by molar-refractivity contribution is -0.121. The summed E-state index contributed by atoms with van der Waals surface area (Å²) in [6.07, 6.45) is -0.131. The molecule has 0 fully saturated rings. The highest BCUT2D eigenvalue weighted by Gasteiger charge is 2.14. The summed E-state index contributed by atoms with van der Waals surface area (Å²) >= 11 is 0. The second kappa shape index (κ2) is 9.41. The van der Waals surface area contributed by atoms with E-state index in [0.717, 1.165) is 12.1 Å². The maximum Gasteiger partial charge on any atom is 0.220 e. The van der Waals surface area contributed by atoms with Gasteiger partial charge in [-0.1, -0.05) is 0 Å². The lowest BCUT2D eigenvalue weighted by atomic mass is 10.1. The molecule has 0 aliphatic carbocycles. The molecule has 1 rings (SSSR count). The summed E-state index contributed by atoms with van der Waals surface area (Å²) in [7, 11) is 1.78. The van der Waals surface area contributed by atoms with Crippen molar-refractivity contribution in [3.8, 4) is 0 Å². The number of carbonyl (C=O) groups excluding carboxylic acids is 2. The summed E-state index contributed by atoms with van der Waals surface area (Å²) in [5.41, 5.74) is -0.192. The van der Waals surface area contributed by atoms with Crippen LogP contribution >= 0.6 is 12.4 Å². The van der Waals surface area contributed by atoms with Gasteiger partial charge in [-0.2, -0.15) is 0 Å². The molecule has 0 radical (unpaired) electrons. The van der Waals surface area contributed by atoms with Crippen LogP contribution < -0.4 is 10.6 Å². The van der Waals surface area contributed by atoms with Crippen LogP contribution in [0, 0.1) is 11.6 Å². The fourth-order valence-electron chi connectivity index (χ4n) is 1.53. The van der Waals surface area contributed by atoms with E-state index in [1.54, 1.807) is 7.05 Å². The number of halogens is 3. The number of rotatable bonds is 7. The molecular formula is C14H19ClF2N2O2. The molecule has 0 spiro atoms. The molecule has 1 aromatic carbocycles. The van der Waals surface area contributed by atoms with E-state index in [1.807, 2.05) is 6.92 Å². The third-order valence-electron chi connectivity index (χ3n) is 2.91. The smallest absolute Gasteiger partial charge is 0.220 e. The van der Waals surface area contributed by atoms with E-state index in [2.05, 4.69) is 10.6 Å². The van der Waals surface area contributed by atoms with Crippen molar-refractivity contribution in [2.24, 2.45) is 0 Å². The first-order chi connectivity index (χ1) is 9.43. The summed E-state index contributed by atoms with van der Waals surface area (Å²) in [5.74, 6) is -2.43. The van der Waals surface area contributed by atoms with Gasteiger partial charge >= 0.3 is 0 Å². The molecule has 0 saturated heterocycles. The first-order valence-electron chi connectivity index (χ1n) is 6.36. The lowest BCUT2D eigenvalue weighted by Gasteiger charge is -2.11. The van der Waals surface area contributed by atoms with Gasteiger partial charge in [-0.05, 0) is 26.1 Å². The number of hydrogen-bond donors (Lipinski definition) is 2. The van der Waals surface area contributed by atoms with E-state index < -0.39 is 17.4 Å². The third-order valence-corrected chi connectivity index (χ3v) is 2.91. The summed E-state index contributed by atoms with van der Waals surface area (Å²) in [5, 5.41) is 5.61. The fraction of sp³-hybridized carbons (Fsp3) is 0.429. The molecule has 118 valence electrons. The zero-order chi connectivity index (χ0) is 15.1. The minimum Gasteiger partial charge on any atom is -0.355 e. The molecule has 0 heterocycles. The summed E-state index contributed by atoms with van der Waals surface area (Å²) in [6, 6.07) is 2.89. The highest BCUT2D eigenvalue weighted by molar-refractivity contribution is 5.98. The molecule has 0 aromatic heterocycles. The van der Waals surface area contributed by atoms with Crippen LogP contribution in [0.3, 0.4) is 0 Å². The zero-order valence-corrected chi connectivity index (χ0v) is 12.7. The standard InChI is InChI=1S/C14H18F2N2O2.ClH/c1-9(17-2)8-18-14(20)6-5-13(19)11-4-3-10(15)7-12(11)16;/h3-4,7,9,17H,5-6,8H2,1-2H3,(H,18,20);1H. The molecule has 2 N–H and O–H groups in total. The number of carbonyl (C=O) groups is 2. The molecule has 0 saturated carbocycles. The molecule has 0 bridgehead atoms. The van der Waals surface area contributed by atoms with Gasteiger partial charge in [-0.25, -0.2) is 8.78 Å². The van der Waals surface area contributed by atoms with Gasteiger partial charge in [0, 0.05) is 31.5 Å². The average molecular weight is 321 g/mol. The van der Waals surface area contributed by atoms with Crippen LogP contribution in [0.5, 0.6) is 0 Å². The van der Waals surface area contributed by atoms with Crippen molar-refractivity contribution in [2.45, 2.75) is 25.8 Å². The number of likely N-dealkylation sites (N-methyl/N-ethyl adjacent to an activating group) is 1. The van der Waals surface area contributed by atoms with Crippen molar-refractivity contribution in [1.29, 1.82) is 0 Å². The first kappa shape index (κ1) is 19.5. The average Bonchev–Trinajstić information content (AvgIpc) is 2.42. The van der Waals surface area contributed by atoms with Gasteiger partial charge in [0.05, 0.1) is 5.56 Å². The largest absolute Gasteiger partial charge is 0.355 e. The molecule has 0 aliphatic rings. The highest BCUT2D eigenvalue weighted by Crippen LogP contribution is 2.12. The Bertz CT molecular complexity index is 498. The van der Waals surface area contributed by atoms with Gasteiger partial charge in [0.2, 0.25) is 5.91 Å². The van der Waals surface area contributed by atoms with E-state index in [1.165, 1.54) is 0 Å². The van der Waals surface area contributed by atoms with Crippen molar-refractivity contribution in [2.75, 3.05) is 13.6 Å². The maximum atomic E-state index is 13.4. The molecular weight excluding hydrogens is 302 g/mol. The highest BCUT2D eigenvalue weighted by atomic mass is 35.5. The normalized spacial score (nSPS) is 11.4. The van der Waals surface area contributed by atoms with Crippen LogP contribution in [0.2, 0.25) is 0 Å². The number of nitrogens with one attached hydrogen (secondary N) is 2. The van der Waals surface area contributed by atoms with Crippen molar-refractivity contribution in [1.82, 2.24) is 10.6 Å². The van der Waals surface area contributed by atoms with Crippen molar-refractivity contribution in [3.63, 3.8) is 0 Å². The van der Waals surface area contributed by atoms with Gasteiger partial charge in [0.1, 0.15) is 11.6 Å². The van der Waals surface area contributed by atoms with E-state index in [4.69, 9.17) is 0 Å². The SMILES string of the molecule is CNC(C)CNC(=O)CCC(=O)c1ccc(F)cc1F.Cl. The first-order valence-corrected chi connectivity index (χ1v) is 6.36. The molecule has 0 aliphatic heterocycles. The molecule has 1 amide bonds. The summed E-state index contributed by atoms with van der Waals surface area (Å²) < 4.78 is 26.1. The van der Waals surface area contributed by atoms with E-state index in [-0.39, 0.29) is 42.8 Å². The topological polar surface area (TPSA) is 58.2 Å². The van der Waals surface area contributed by atoms with Crippen LogP contribution in [0.25, 0.3) is 0 Å². The van der Waals surface area contributed by atoms with E-state index >= 15 is 0 Å². The third kappa shape index (κ3) is 6.64. The second-order valence-electron chi connectivity index (χ2n) is 4.54. The number of benzene rings is 1. The summed E-state index contributed by atoms with van der Waals surface area (Å²) in [4.78, 5) is 23.2. The zero-order valence-electron chi connectivity index (χ0n) is 11.9. The molecule has 1 unspecified atom stereocenters. The Kier molecular flexibility index (Phi) is 8.73. The van der Waals surface area contributed by atoms with Gasteiger partial charge in [-0.3, -0.25) is 9.59 Å².